The Morgan fingerprint density at radius 3 is 2.50 bits per heavy atom. The molecule has 0 bridgehead atoms. The first kappa shape index (κ1) is 16.2. The third kappa shape index (κ3) is 4.38. The van der Waals surface area contributed by atoms with Crippen molar-refractivity contribution < 1.29 is 4.92 Å². The maximum absolute atomic E-state index is 11.3. The molecule has 0 radical (unpaired) electrons. The zero-order chi connectivity index (χ0) is 15.1. The standard InChI is InChI=1S/C14H24N4O2/c1-5-15-12-8-6-9-13(14(12)18(19)20)17(4)11-7-10-16(2)3/h6,8-9,15H,5,7,10-11H2,1-4H3. The normalized spacial score (nSPS) is 10.7. The number of benzene rings is 1. The van der Waals surface area contributed by atoms with E-state index in [0.29, 0.717) is 17.9 Å². The smallest absolute Gasteiger partial charge is 0.315 e. The zero-order valence-electron chi connectivity index (χ0n) is 12.7. The molecule has 20 heavy (non-hydrogen) atoms. The average molecular weight is 280 g/mol. The number of nitro groups is 1. The van der Waals surface area contributed by atoms with Gasteiger partial charge in [0.25, 0.3) is 0 Å². The van der Waals surface area contributed by atoms with Gasteiger partial charge in [-0.3, -0.25) is 10.1 Å². The molecule has 0 aromatic heterocycles. The largest absolute Gasteiger partial charge is 0.380 e. The predicted octanol–water partition coefficient (Wildman–Crippen LogP) is 2.41. The number of nitrogens with zero attached hydrogens (tertiary/aromatic N) is 3. The Hall–Kier alpha value is -1.82. The molecule has 0 heterocycles. The molecule has 1 rings (SSSR count). The van der Waals surface area contributed by atoms with Gasteiger partial charge in [0.2, 0.25) is 0 Å². The Balaban J connectivity index is 2.92. The third-order valence-corrected chi connectivity index (χ3v) is 3.07. The SMILES string of the molecule is CCNc1cccc(N(C)CCCN(C)C)c1[N+](=O)[O-]. The Morgan fingerprint density at radius 1 is 1.25 bits per heavy atom. The molecule has 0 amide bonds. The van der Waals surface area contributed by atoms with Crippen molar-refractivity contribution >= 4 is 17.1 Å². The highest BCUT2D eigenvalue weighted by Gasteiger charge is 2.21. The molecule has 0 atom stereocenters. The van der Waals surface area contributed by atoms with Gasteiger partial charge in [-0.15, -0.1) is 0 Å². The van der Waals surface area contributed by atoms with Crippen LogP contribution in [0.1, 0.15) is 13.3 Å². The molecule has 1 aromatic carbocycles. The summed E-state index contributed by atoms with van der Waals surface area (Å²) in [5.41, 5.74) is 1.39. The highest BCUT2D eigenvalue weighted by atomic mass is 16.6. The molecule has 6 heteroatoms. The molecule has 0 aliphatic rings. The monoisotopic (exact) mass is 280 g/mol. The van der Waals surface area contributed by atoms with E-state index in [9.17, 15) is 10.1 Å². The Labute approximate surface area is 120 Å². The lowest BCUT2D eigenvalue weighted by Crippen LogP contribution is -2.24. The van der Waals surface area contributed by atoms with Crippen LogP contribution in [-0.4, -0.2) is 50.6 Å². The van der Waals surface area contributed by atoms with Gasteiger partial charge in [0, 0.05) is 20.1 Å². The number of para-hydroxylation sites is 1. The minimum Gasteiger partial charge on any atom is -0.380 e. The fraction of sp³-hybridized carbons (Fsp3) is 0.571. The van der Waals surface area contributed by atoms with Crippen LogP contribution < -0.4 is 10.2 Å². The summed E-state index contributed by atoms with van der Waals surface area (Å²) in [6, 6.07) is 5.40. The molecule has 1 N–H and O–H groups in total. The maximum atomic E-state index is 11.3. The molecule has 6 nitrogen and oxygen atoms in total. The predicted molar refractivity (Wildman–Crippen MR) is 83.7 cm³/mol. The van der Waals surface area contributed by atoms with Crippen molar-refractivity contribution in [2.45, 2.75) is 13.3 Å². The number of nitrogens with one attached hydrogen (secondary N) is 1. The summed E-state index contributed by atoms with van der Waals surface area (Å²) in [4.78, 5) is 15.1. The lowest BCUT2D eigenvalue weighted by molar-refractivity contribution is -0.383. The fourth-order valence-corrected chi connectivity index (χ4v) is 2.11. The van der Waals surface area contributed by atoms with Crippen LogP contribution in [-0.2, 0) is 0 Å². The lowest BCUT2D eigenvalue weighted by atomic mass is 10.2. The van der Waals surface area contributed by atoms with E-state index in [1.165, 1.54) is 0 Å². The van der Waals surface area contributed by atoms with E-state index in [-0.39, 0.29) is 10.6 Å². The van der Waals surface area contributed by atoms with Gasteiger partial charge in [-0.05, 0) is 46.1 Å². The van der Waals surface area contributed by atoms with E-state index >= 15 is 0 Å². The van der Waals surface area contributed by atoms with E-state index < -0.39 is 0 Å². The van der Waals surface area contributed by atoms with Crippen molar-refractivity contribution in [2.24, 2.45) is 0 Å². The number of nitro benzene ring substituents is 1. The number of rotatable bonds is 8. The molecule has 0 aliphatic carbocycles. The van der Waals surface area contributed by atoms with E-state index in [4.69, 9.17) is 0 Å². The van der Waals surface area contributed by atoms with Gasteiger partial charge in [-0.25, -0.2) is 0 Å². The summed E-state index contributed by atoms with van der Waals surface area (Å²) in [7, 11) is 5.94. The van der Waals surface area contributed by atoms with Crippen molar-refractivity contribution in [3.8, 4) is 0 Å². The molecule has 0 aliphatic heterocycles. The number of anilines is 2. The van der Waals surface area contributed by atoms with Crippen molar-refractivity contribution in [1.29, 1.82) is 0 Å². The van der Waals surface area contributed by atoms with Crippen LogP contribution in [0.25, 0.3) is 0 Å². The van der Waals surface area contributed by atoms with E-state index in [2.05, 4.69) is 10.2 Å². The minimum atomic E-state index is -0.310. The van der Waals surface area contributed by atoms with Crippen LogP contribution in [0.3, 0.4) is 0 Å². The van der Waals surface area contributed by atoms with Gasteiger partial charge >= 0.3 is 5.69 Å². The highest BCUT2D eigenvalue weighted by Crippen LogP contribution is 2.34. The van der Waals surface area contributed by atoms with Gasteiger partial charge in [0.05, 0.1) is 4.92 Å². The van der Waals surface area contributed by atoms with E-state index in [1.807, 2.05) is 39.0 Å². The van der Waals surface area contributed by atoms with Crippen molar-refractivity contribution in [2.75, 3.05) is 51.0 Å². The Morgan fingerprint density at radius 2 is 1.95 bits per heavy atom. The van der Waals surface area contributed by atoms with Crippen LogP contribution in [0.4, 0.5) is 17.1 Å². The summed E-state index contributed by atoms with van der Waals surface area (Å²) in [5, 5.41) is 14.4. The van der Waals surface area contributed by atoms with Gasteiger partial charge in [-0.2, -0.15) is 0 Å². The minimum absolute atomic E-state index is 0.154. The lowest BCUT2D eigenvalue weighted by Gasteiger charge is -2.21. The summed E-state index contributed by atoms with van der Waals surface area (Å²) in [6.45, 7) is 4.34. The van der Waals surface area contributed by atoms with Gasteiger partial charge in [0.1, 0.15) is 11.4 Å². The molecule has 0 saturated carbocycles. The van der Waals surface area contributed by atoms with Crippen LogP contribution >= 0.6 is 0 Å². The van der Waals surface area contributed by atoms with Crippen LogP contribution in [0.15, 0.2) is 18.2 Å². The topological polar surface area (TPSA) is 61.6 Å². The van der Waals surface area contributed by atoms with E-state index in [1.54, 1.807) is 12.1 Å². The Kier molecular flexibility index (Phi) is 6.24. The van der Waals surface area contributed by atoms with Crippen molar-refractivity contribution in [3.63, 3.8) is 0 Å². The van der Waals surface area contributed by atoms with Crippen LogP contribution in [0, 0.1) is 10.1 Å². The first-order chi connectivity index (χ1) is 9.47. The first-order valence-electron chi connectivity index (χ1n) is 6.84. The molecular formula is C14H24N4O2. The number of hydrogen-bond donors (Lipinski definition) is 1. The van der Waals surface area contributed by atoms with Crippen LogP contribution in [0.2, 0.25) is 0 Å². The quantitative estimate of drug-likeness (QED) is 0.585. The second kappa shape index (κ2) is 7.69. The second-order valence-corrected chi connectivity index (χ2v) is 5.04. The molecule has 112 valence electrons. The molecule has 0 spiro atoms. The van der Waals surface area contributed by atoms with Crippen molar-refractivity contribution in [1.82, 2.24) is 4.90 Å². The average Bonchev–Trinajstić information content (AvgIpc) is 2.38. The third-order valence-electron chi connectivity index (χ3n) is 3.07. The number of hydrogen-bond acceptors (Lipinski definition) is 5. The summed E-state index contributed by atoms with van der Waals surface area (Å²) in [6.07, 6.45) is 0.964. The van der Waals surface area contributed by atoms with Gasteiger partial charge < -0.3 is 15.1 Å². The van der Waals surface area contributed by atoms with Crippen LogP contribution in [0.5, 0.6) is 0 Å². The maximum Gasteiger partial charge on any atom is 0.315 e. The second-order valence-electron chi connectivity index (χ2n) is 5.04. The molecule has 1 aromatic rings. The summed E-state index contributed by atoms with van der Waals surface area (Å²) in [5.74, 6) is 0. The molecular weight excluding hydrogens is 256 g/mol. The summed E-state index contributed by atoms with van der Waals surface area (Å²) < 4.78 is 0. The van der Waals surface area contributed by atoms with Crippen molar-refractivity contribution in [3.05, 3.63) is 28.3 Å². The molecule has 0 saturated heterocycles. The highest BCUT2D eigenvalue weighted by molar-refractivity contribution is 5.76. The van der Waals surface area contributed by atoms with E-state index in [0.717, 1.165) is 19.5 Å². The van der Waals surface area contributed by atoms with Gasteiger partial charge in [0.15, 0.2) is 0 Å². The first-order valence-corrected chi connectivity index (χ1v) is 6.84. The molecule has 0 fully saturated rings. The Bertz CT molecular complexity index is 449. The summed E-state index contributed by atoms with van der Waals surface area (Å²) >= 11 is 0. The van der Waals surface area contributed by atoms with Gasteiger partial charge in [-0.1, -0.05) is 6.07 Å². The fourth-order valence-electron chi connectivity index (χ4n) is 2.11. The molecule has 0 unspecified atom stereocenters. The zero-order valence-corrected chi connectivity index (χ0v) is 12.7.